The topological polar surface area (TPSA) is 115 Å². The van der Waals surface area contributed by atoms with Gasteiger partial charge in [-0.05, 0) is 62.8 Å². The number of fused-ring (bicyclic) bond motifs is 1. The van der Waals surface area contributed by atoms with Gasteiger partial charge in [-0.3, -0.25) is 9.59 Å². The van der Waals surface area contributed by atoms with E-state index in [4.69, 9.17) is 17.3 Å². The van der Waals surface area contributed by atoms with E-state index in [1.165, 1.54) is 0 Å². The standard InChI is InChI=1S/C24H29ClN6O2/c1-3-31-23-19(13-29-31)21(30-18-8-5-15(6-9-18)22(26)32)20(12-27-23)24(33)28-11-16-4-7-17(25)10-14(16)2/h4,7,10,12-13,15,18H,3,5-6,8-9,11H2,1-2H3,(H2,26,32)(H,27,30)(H,28,33). The third kappa shape index (κ3) is 4.95. The van der Waals surface area contributed by atoms with E-state index in [0.717, 1.165) is 53.5 Å². The van der Waals surface area contributed by atoms with Crippen LogP contribution in [-0.2, 0) is 17.9 Å². The van der Waals surface area contributed by atoms with Crippen LogP contribution in [0.25, 0.3) is 11.0 Å². The Labute approximate surface area is 197 Å². The highest BCUT2D eigenvalue weighted by Crippen LogP contribution is 2.31. The average Bonchev–Trinajstić information content (AvgIpc) is 3.22. The van der Waals surface area contributed by atoms with Crippen LogP contribution in [0.1, 0.15) is 54.1 Å². The zero-order valence-electron chi connectivity index (χ0n) is 18.9. The maximum atomic E-state index is 13.2. The quantitative estimate of drug-likeness (QED) is 0.487. The summed E-state index contributed by atoms with van der Waals surface area (Å²) in [6.45, 7) is 5.04. The predicted octanol–water partition coefficient (Wildman–Crippen LogP) is 3.80. The van der Waals surface area contributed by atoms with Crippen LogP contribution in [0.15, 0.2) is 30.6 Å². The van der Waals surface area contributed by atoms with E-state index in [1.807, 2.05) is 36.7 Å². The van der Waals surface area contributed by atoms with Crippen LogP contribution in [0.5, 0.6) is 0 Å². The van der Waals surface area contributed by atoms with Crippen LogP contribution >= 0.6 is 11.6 Å². The molecule has 0 bridgehead atoms. The number of carbonyl (C=O) groups is 2. The summed E-state index contributed by atoms with van der Waals surface area (Å²) < 4.78 is 1.81. The summed E-state index contributed by atoms with van der Waals surface area (Å²) in [4.78, 5) is 29.3. The van der Waals surface area contributed by atoms with Crippen LogP contribution in [0.2, 0.25) is 5.02 Å². The van der Waals surface area contributed by atoms with E-state index in [1.54, 1.807) is 12.4 Å². The van der Waals surface area contributed by atoms with E-state index in [9.17, 15) is 9.59 Å². The molecule has 174 valence electrons. The molecular formula is C24H29ClN6O2. The van der Waals surface area contributed by atoms with Crippen molar-refractivity contribution in [3.63, 3.8) is 0 Å². The Hall–Kier alpha value is -3.13. The average molecular weight is 469 g/mol. The smallest absolute Gasteiger partial charge is 0.255 e. The van der Waals surface area contributed by atoms with Crippen molar-refractivity contribution in [1.29, 1.82) is 0 Å². The number of hydrogen-bond acceptors (Lipinski definition) is 5. The molecule has 4 rings (SSSR count). The summed E-state index contributed by atoms with van der Waals surface area (Å²) in [5, 5.41) is 12.5. The molecule has 3 aromatic rings. The van der Waals surface area contributed by atoms with Gasteiger partial charge in [0.25, 0.3) is 5.91 Å². The second-order valence-electron chi connectivity index (χ2n) is 8.59. The first-order valence-corrected chi connectivity index (χ1v) is 11.7. The molecule has 0 radical (unpaired) electrons. The molecule has 0 unspecified atom stereocenters. The normalized spacial score (nSPS) is 18.3. The number of rotatable bonds is 7. The minimum Gasteiger partial charge on any atom is -0.381 e. The fourth-order valence-electron chi connectivity index (χ4n) is 4.44. The molecule has 1 fully saturated rings. The van der Waals surface area contributed by atoms with Crippen molar-refractivity contribution in [2.75, 3.05) is 5.32 Å². The van der Waals surface area contributed by atoms with Gasteiger partial charge in [0.05, 0.1) is 22.8 Å². The lowest BCUT2D eigenvalue weighted by atomic mass is 9.85. The molecule has 0 spiro atoms. The summed E-state index contributed by atoms with van der Waals surface area (Å²) in [5.74, 6) is -0.522. The van der Waals surface area contributed by atoms with Crippen LogP contribution in [0, 0.1) is 12.8 Å². The largest absolute Gasteiger partial charge is 0.381 e. The van der Waals surface area contributed by atoms with Crippen molar-refractivity contribution in [1.82, 2.24) is 20.1 Å². The second-order valence-corrected chi connectivity index (χ2v) is 9.03. The fraction of sp³-hybridized carbons (Fsp3) is 0.417. The van der Waals surface area contributed by atoms with Crippen molar-refractivity contribution in [3.05, 3.63) is 52.3 Å². The number of hydrogen-bond donors (Lipinski definition) is 3. The summed E-state index contributed by atoms with van der Waals surface area (Å²) in [6, 6.07) is 5.76. The Morgan fingerprint density at radius 1 is 1.21 bits per heavy atom. The zero-order chi connectivity index (χ0) is 23.5. The van der Waals surface area contributed by atoms with E-state index >= 15 is 0 Å². The predicted molar refractivity (Wildman–Crippen MR) is 129 cm³/mol. The number of nitrogens with zero attached hydrogens (tertiary/aromatic N) is 3. The number of aromatic nitrogens is 3. The van der Waals surface area contributed by atoms with Gasteiger partial charge >= 0.3 is 0 Å². The lowest BCUT2D eigenvalue weighted by Crippen LogP contribution is -2.33. The van der Waals surface area contributed by atoms with Gasteiger partial charge in [0.2, 0.25) is 5.91 Å². The number of carbonyl (C=O) groups excluding carboxylic acids is 2. The second kappa shape index (κ2) is 9.79. The van der Waals surface area contributed by atoms with Gasteiger partial charge in [0, 0.05) is 36.3 Å². The Morgan fingerprint density at radius 3 is 2.64 bits per heavy atom. The molecule has 9 heteroatoms. The van der Waals surface area contributed by atoms with Gasteiger partial charge in [-0.15, -0.1) is 0 Å². The van der Waals surface area contributed by atoms with Crippen LogP contribution in [-0.4, -0.2) is 32.6 Å². The molecule has 0 atom stereocenters. The van der Waals surface area contributed by atoms with Gasteiger partial charge in [0.1, 0.15) is 0 Å². The van der Waals surface area contributed by atoms with E-state index in [2.05, 4.69) is 20.7 Å². The fourth-order valence-corrected chi connectivity index (χ4v) is 4.67. The molecule has 4 N–H and O–H groups in total. The van der Waals surface area contributed by atoms with Crippen molar-refractivity contribution in [3.8, 4) is 0 Å². The first-order valence-electron chi connectivity index (χ1n) is 11.3. The first kappa shape index (κ1) is 23.0. The van der Waals surface area contributed by atoms with Crippen molar-refractivity contribution in [2.45, 2.75) is 58.7 Å². The highest BCUT2D eigenvalue weighted by Gasteiger charge is 2.27. The lowest BCUT2D eigenvalue weighted by Gasteiger charge is -2.29. The third-order valence-corrected chi connectivity index (χ3v) is 6.67. The first-order chi connectivity index (χ1) is 15.9. The van der Waals surface area contributed by atoms with E-state index in [-0.39, 0.29) is 23.8 Å². The molecule has 8 nitrogen and oxygen atoms in total. The third-order valence-electron chi connectivity index (χ3n) is 6.43. The van der Waals surface area contributed by atoms with Crippen LogP contribution in [0.3, 0.4) is 0 Å². The van der Waals surface area contributed by atoms with Crippen LogP contribution < -0.4 is 16.4 Å². The Kier molecular flexibility index (Phi) is 6.83. The summed E-state index contributed by atoms with van der Waals surface area (Å²) in [5.41, 5.74) is 9.44. The number of nitrogens with two attached hydrogens (primary N) is 1. The number of amides is 2. The van der Waals surface area contributed by atoms with Gasteiger partial charge in [-0.25, -0.2) is 9.67 Å². The summed E-state index contributed by atoms with van der Waals surface area (Å²) >= 11 is 6.05. The Bertz CT molecular complexity index is 1180. The molecule has 1 aliphatic rings. The highest BCUT2D eigenvalue weighted by molar-refractivity contribution is 6.30. The minimum atomic E-state index is -0.235. The molecule has 0 aliphatic heterocycles. The summed E-state index contributed by atoms with van der Waals surface area (Å²) in [7, 11) is 0. The lowest BCUT2D eigenvalue weighted by molar-refractivity contribution is -0.122. The molecule has 33 heavy (non-hydrogen) atoms. The monoisotopic (exact) mass is 468 g/mol. The van der Waals surface area contributed by atoms with Gasteiger partial charge in [0.15, 0.2) is 5.65 Å². The molecule has 2 heterocycles. The molecule has 2 amide bonds. The SMILES string of the molecule is CCn1ncc2c(NC3CCC(C(N)=O)CC3)c(C(=O)NCc3ccc(Cl)cc3C)cnc21. The Morgan fingerprint density at radius 2 is 1.97 bits per heavy atom. The van der Waals surface area contributed by atoms with Gasteiger partial charge in [-0.1, -0.05) is 17.7 Å². The van der Waals surface area contributed by atoms with Crippen molar-refractivity contribution in [2.24, 2.45) is 11.7 Å². The number of primary amides is 1. The van der Waals surface area contributed by atoms with Gasteiger partial charge < -0.3 is 16.4 Å². The molecule has 1 aliphatic carbocycles. The van der Waals surface area contributed by atoms with E-state index < -0.39 is 0 Å². The number of halogens is 1. The number of benzene rings is 1. The molecule has 1 aromatic carbocycles. The zero-order valence-corrected chi connectivity index (χ0v) is 19.7. The minimum absolute atomic E-state index is 0.0752. The van der Waals surface area contributed by atoms with Crippen molar-refractivity contribution >= 4 is 40.1 Å². The maximum Gasteiger partial charge on any atom is 0.255 e. The molecular weight excluding hydrogens is 440 g/mol. The van der Waals surface area contributed by atoms with E-state index in [0.29, 0.717) is 23.7 Å². The van der Waals surface area contributed by atoms with Gasteiger partial charge in [-0.2, -0.15) is 5.10 Å². The maximum absolute atomic E-state index is 13.2. The molecule has 2 aromatic heterocycles. The number of nitrogens with one attached hydrogen (secondary N) is 2. The van der Waals surface area contributed by atoms with Crippen molar-refractivity contribution < 1.29 is 9.59 Å². The van der Waals surface area contributed by atoms with Crippen LogP contribution in [0.4, 0.5) is 5.69 Å². The Balaban J connectivity index is 1.59. The molecule has 0 saturated heterocycles. The number of pyridine rings is 1. The number of aryl methyl sites for hydroxylation is 2. The molecule has 1 saturated carbocycles. The number of anilines is 1. The highest BCUT2D eigenvalue weighted by atomic mass is 35.5. The summed E-state index contributed by atoms with van der Waals surface area (Å²) in [6.07, 6.45) is 6.47.